The fourth-order valence-electron chi connectivity index (χ4n) is 5.60. The number of fused-ring (bicyclic) bond motifs is 5. The third-order valence-electron chi connectivity index (χ3n) is 7.67. The summed E-state index contributed by atoms with van der Waals surface area (Å²) in [5.41, 5.74) is 1.84. The Hall–Kier alpha value is -3.38. The number of halogens is 3. The summed E-state index contributed by atoms with van der Waals surface area (Å²) in [5, 5.41) is 11.9. The van der Waals surface area contributed by atoms with E-state index < -0.39 is 64.0 Å². The van der Waals surface area contributed by atoms with Crippen molar-refractivity contribution in [1.29, 1.82) is 0 Å². The second-order valence-electron chi connectivity index (χ2n) is 9.70. The summed E-state index contributed by atoms with van der Waals surface area (Å²) in [6, 6.07) is 0.916. The zero-order valence-corrected chi connectivity index (χ0v) is 19.6. The summed E-state index contributed by atoms with van der Waals surface area (Å²) in [5.74, 6) is -4.23. The second kappa shape index (κ2) is 8.34. The number of aromatic hydroxyl groups is 1. The minimum Gasteiger partial charge on any atom is -0.503 e. The number of hydrogen-bond donors (Lipinski definition) is 2. The second-order valence-corrected chi connectivity index (χ2v) is 9.70. The van der Waals surface area contributed by atoms with E-state index >= 15 is 4.39 Å². The zero-order chi connectivity index (χ0) is 26.1. The van der Waals surface area contributed by atoms with Crippen molar-refractivity contribution < 1.29 is 32.7 Å². The highest BCUT2D eigenvalue weighted by atomic mass is 19.1. The van der Waals surface area contributed by atoms with Gasteiger partial charge in [-0.2, -0.15) is 5.06 Å². The Kier molecular flexibility index (Phi) is 5.63. The van der Waals surface area contributed by atoms with Crippen LogP contribution < -0.4 is 11.2 Å². The molecule has 0 saturated carbocycles. The lowest BCUT2D eigenvalue weighted by molar-refractivity contribution is -0.230. The van der Waals surface area contributed by atoms with Gasteiger partial charge in [-0.05, 0) is 32.8 Å². The molecular formula is C24H25F3N4O5. The number of benzene rings is 1. The van der Waals surface area contributed by atoms with E-state index in [1.165, 1.54) is 20.6 Å². The van der Waals surface area contributed by atoms with Crippen LogP contribution >= 0.6 is 0 Å². The van der Waals surface area contributed by atoms with Gasteiger partial charge < -0.3 is 20.3 Å². The molecule has 2 aromatic rings. The van der Waals surface area contributed by atoms with Gasteiger partial charge in [0.2, 0.25) is 5.43 Å². The minimum absolute atomic E-state index is 0.0145. The largest absolute Gasteiger partial charge is 0.503 e. The number of hydroxylamine groups is 2. The maximum atomic E-state index is 16.2. The molecule has 5 rings (SSSR count). The number of nitrogens with two attached hydrogens (primary N) is 1. The molecule has 2 amide bonds. The third-order valence-corrected chi connectivity index (χ3v) is 7.67. The van der Waals surface area contributed by atoms with Crippen LogP contribution in [0.5, 0.6) is 5.75 Å². The predicted molar refractivity (Wildman–Crippen MR) is 120 cm³/mol. The van der Waals surface area contributed by atoms with Crippen LogP contribution in [0, 0.1) is 11.6 Å². The van der Waals surface area contributed by atoms with Gasteiger partial charge in [-0.1, -0.05) is 6.07 Å². The van der Waals surface area contributed by atoms with E-state index in [0.29, 0.717) is 6.42 Å². The van der Waals surface area contributed by atoms with Crippen molar-refractivity contribution in [2.24, 2.45) is 5.73 Å². The van der Waals surface area contributed by atoms with Gasteiger partial charge in [0.15, 0.2) is 17.6 Å². The van der Waals surface area contributed by atoms with Crippen molar-refractivity contribution in [3.05, 3.63) is 63.1 Å². The lowest BCUT2D eigenvalue weighted by atomic mass is 9.82. The summed E-state index contributed by atoms with van der Waals surface area (Å²) in [4.78, 5) is 45.4. The number of carbonyl (C=O) groups excluding carboxylic acids is 2. The Balaban J connectivity index is 1.63. The van der Waals surface area contributed by atoms with Crippen LogP contribution in [0.3, 0.4) is 0 Å². The van der Waals surface area contributed by atoms with Gasteiger partial charge in [0.25, 0.3) is 11.8 Å². The Bertz CT molecular complexity index is 1330. The van der Waals surface area contributed by atoms with Gasteiger partial charge in [-0.3, -0.25) is 19.2 Å². The molecule has 0 radical (unpaired) electrons. The van der Waals surface area contributed by atoms with Crippen molar-refractivity contribution in [1.82, 2.24) is 14.5 Å². The molecule has 3 aliphatic heterocycles. The molecule has 36 heavy (non-hydrogen) atoms. The maximum absolute atomic E-state index is 16.2. The average Bonchev–Trinajstić information content (AvgIpc) is 2.97. The van der Waals surface area contributed by atoms with Crippen LogP contribution in [-0.2, 0) is 11.4 Å². The predicted octanol–water partition coefficient (Wildman–Crippen LogP) is 2.02. The van der Waals surface area contributed by atoms with Crippen LogP contribution in [0.2, 0.25) is 0 Å². The Labute approximate surface area is 203 Å². The highest BCUT2D eigenvalue weighted by Crippen LogP contribution is 2.50. The number of pyridine rings is 1. The number of hydrogen-bond acceptors (Lipinski definition) is 6. The molecule has 9 nitrogen and oxygen atoms in total. The minimum atomic E-state index is -1.64. The lowest BCUT2D eigenvalue weighted by Gasteiger charge is -2.43. The molecule has 0 aliphatic carbocycles. The van der Waals surface area contributed by atoms with E-state index in [1.54, 1.807) is 13.8 Å². The Morgan fingerprint density at radius 1 is 1.28 bits per heavy atom. The number of alkyl halides is 1. The molecule has 1 aromatic carbocycles. The maximum Gasteiger partial charge on any atom is 0.274 e. The van der Waals surface area contributed by atoms with Gasteiger partial charge in [0.05, 0.1) is 18.6 Å². The molecule has 4 heterocycles. The van der Waals surface area contributed by atoms with Crippen molar-refractivity contribution in [2.75, 3.05) is 6.54 Å². The van der Waals surface area contributed by atoms with E-state index in [-0.39, 0.29) is 36.8 Å². The first-order valence-corrected chi connectivity index (χ1v) is 11.6. The van der Waals surface area contributed by atoms with Gasteiger partial charge in [-0.15, -0.1) is 0 Å². The fraction of sp³-hybridized carbons (Fsp3) is 0.458. The lowest BCUT2D eigenvalue weighted by Crippen LogP contribution is -2.55. The highest BCUT2D eigenvalue weighted by Gasteiger charge is 2.61. The molecule has 3 N–H and O–H groups in total. The fourth-order valence-corrected chi connectivity index (χ4v) is 5.60. The molecule has 1 aromatic heterocycles. The third kappa shape index (κ3) is 3.42. The van der Waals surface area contributed by atoms with Gasteiger partial charge in [-0.25, -0.2) is 13.2 Å². The van der Waals surface area contributed by atoms with Gasteiger partial charge in [0, 0.05) is 30.4 Å². The Morgan fingerprint density at radius 3 is 2.67 bits per heavy atom. The van der Waals surface area contributed by atoms with Gasteiger partial charge in [0.1, 0.15) is 22.8 Å². The number of primary amides is 1. The first-order chi connectivity index (χ1) is 17.0. The molecule has 1 unspecified atom stereocenters. The van der Waals surface area contributed by atoms with E-state index in [1.807, 2.05) is 0 Å². The number of carbonyl (C=O) groups is 2. The molecule has 12 heteroatoms. The SMILES string of the molecule is CC1[C@H](F)[C@]2(CC[C@H](C)N3C[C@H]2n2cc(C(N)=O)c(=O)c(O)c2C3=O)ON1Cc1ccc(F)cc1F. The summed E-state index contributed by atoms with van der Waals surface area (Å²) >= 11 is 0. The molecule has 192 valence electrons. The van der Waals surface area contributed by atoms with Crippen LogP contribution in [-0.4, -0.2) is 61.9 Å². The first-order valence-electron chi connectivity index (χ1n) is 11.6. The van der Waals surface area contributed by atoms with Crippen molar-refractivity contribution in [3.8, 4) is 5.75 Å². The molecule has 2 saturated heterocycles. The first kappa shape index (κ1) is 24.3. The smallest absolute Gasteiger partial charge is 0.274 e. The molecule has 2 bridgehead atoms. The van der Waals surface area contributed by atoms with E-state index in [2.05, 4.69) is 0 Å². The van der Waals surface area contributed by atoms with Crippen LogP contribution in [0.1, 0.15) is 59.1 Å². The van der Waals surface area contributed by atoms with E-state index in [0.717, 1.165) is 18.3 Å². The van der Waals surface area contributed by atoms with Crippen LogP contribution in [0.4, 0.5) is 13.2 Å². The van der Waals surface area contributed by atoms with Gasteiger partial charge >= 0.3 is 0 Å². The number of nitrogens with zero attached hydrogens (tertiary/aromatic N) is 3. The zero-order valence-electron chi connectivity index (χ0n) is 19.6. The van der Waals surface area contributed by atoms with Crippen LogP contribution in [0.15, 0.2) is 29.2 Å². The highest BCUT2D eigenvalue weighted by molar-refractivity contribution is 5.99. The molecular weight excluding hydrogens is 481 g/mol. The number of rotatable bonds is 3. The van der Waals surface area contributed by atoms with Crippen molar-refractivity contribution in [2.45, 2.75) is 63.1 Å². The number of amides is 2. The number of aromatic nitrogens is 1. The molecule has 2 fully saturated rings. The summed E-state index contributed by atoms with van der Waals surface area (Å²) in [6.07, 6.45) is -0.0799. The molecule has 3 aliphatic rings. The topological polar surface area (TPSA) is 118 Å². The summed E-state index contributed by atoms with van der Waals surface area (Å²) in [6.45, 7) is 3.15. The van der Waals surface area contributed by atoms with E-state index in [9.17, 15) is 28.3 Å². The molecule has 5 atom stereocenters. The van der Waals surface area contributed by atoms with E-state index in [4.69, 9.17) is 10.6 Å². The monoisotopic (exact) mass is 506 g/mol. The normalized spacial score (nSPS) is 29.9. The standard InChI is InChI=1S/C24H25F3N4O5/c1-11-5-6-24(21(27)12(2)31(36-24)8-13-3-4-14(25)7-16(13)26)17-10-29(11)23(35)18-20(33)19(32)15(22(28)34)9-30(17)18/h3-4,7,9,11-12,17,21,33H,5-6,8,10H2,1-2H3,(H2,28,34)/t11-,12?,17+,21-,24+/m0/s1. The summed E-state index contributed by atoms with van der Waals surface area (Å²) < 4.78 is 45.2. The van der Waals surface area contributed by atoms with Crippen LogP contribution in [0.25, 0.3) is 0 Å². The quantitative estimate of drug-likeness (QED) is 0.658. The average molecular weight is 506 g/mol. The Morgan fingerprint density at radius 2 is 2.00 bits per heavy atom. The van der Waals surface area contributed by atoms with Crippen molar-refractivity contribution >= 4 is 11.8 Å². The van der Waals surface area contributed by atoms with Crippen molar-refractivity contribution in [3.63, 3.8) is 0 Å². The summed E-state index contributed by atoms with van der Waals surface area (Å²) in [7, 11) is 0. The molecule has 1 spiro atoms.